The highest BCUT2D eigenvalue weighted by molar-refractivity contribution is 5.92. The van der Waals surface area contributed by atoms with Gasteiger partial charge in [0.05, 0.1) is 17.7 Å². The van der Waals surface area contributed by atoms with Gasteiger partial charge < -0.3 is 15.2 Å². The van der Waals surface area contributed by atoms with Crippen molar-refractivity contribution in [3.05, 3.63) is 24.0 Å². The van der Waals surface area contributed by atoms with E-state index in [-0.39, 0.29) is 17.9 Å². The number of aliphatic hydroxyl groups is 1. The van der Waals surface area contributed by atoms with Gasteiger partial charge in [-0.3, -0.25) is 4.79 Å². The lowest BCUT2D eigenvalue weighted by Crippen LogP contribution is -2.36. The number of anilines is 1. The molecule has 0 atom stereocenters. The predicted octanol–water partition coefficient (Wildman–Crippen LogP) is 3.49. The number of alkyl halides is 2. The summed E-state index contributed by atoms with van der Waals surface area (Å²) < 4.78 is 42.5. The summed E-state index contributed by atoms with van der Waals surface area (Å²) in [6.07, 6.45) is 1.08. The molecule has 4 nitrogen and oxygen atoms in total. The summed E-state index contributed by atoms with van der Waals surface area (Å²) >= 11 is 0. The minimum atomic E-state index is -2.70. The van der Waals surface area contributed by atoms with Crippen LogP contribution in [0.25, 0.3) is 0 Å². The van der Waals surface area contributed by atoms with Crippen LogP contribution in [0.15, 0.2) is 18.2 Å². The monoisotopic (exact) mass is 331 g/mol. The molecular weight excluding hydrogens is 311 g/mol. The number of hydrogen-bond acceptors (Lipinski definition) is 3. The number of rotatable bonds is 6. The van der Waals surface area contributed by atoms with Gasteiger partial charge in [0.15, 0.2) is 0 Å². The van der Waals surface area contributed by atoms with Gasteiger partial charge in [0.1, 0.15) is 18.2 Å². The zero-order valence-electron chi connectivity index (χ0n) is 12.7. The molecule has 0 aliphatic heterocycles. The second-order valence-corrected chi connectivity index (χ2v) is 5.85. The zero-order chi connectivity index (χ0) is 16.9. The summed E-state index contributed by atoms with van der Waals surface area (Å²) in [5.41, 5.74) is -0.928. The molecule has 1 amide bonds. The maximum atomic E-state index is 13.2. The van der Waals surface area contributed by atoms with Gasteiger partial charge in [0.2, 0.25) is 5.91 Å². The van der Waals surface area contributed by atoms with Crippen LogP contribution in [0.5, 0.6) is 5.75 Å². The number of nitrogens with one attached hydrogen (secondary N) is 1. The first-order chi connectivity index (χ1) is 10.9. The number of benzene rings is 1. The van der Waals surface area contributed by atoms with Crippen LogP contribution in [0, 0.1) is 5.82 Å². The minimum absolute atomic E-state index is 0.0847. The normalized spacial score (nSPS) is 17.1. The van der Waals surface area contributed by atoms with Crippen molar-refractivity contribution in [2.24, 2.45) is 0 Å². The molecule has 0 aromatic heterocycles. The van der Waals surface area contributed by atoms with Crippen molar-refractivity contribution in [2.75, 3.05) is 11.9 Å². The molecular formula is C16H20F3NO3. The van der Waals surface area contributed by atoms with Gasteiger partial charge in [-0.15, -0.1) is 0 Å². The fraction of sp³-hybridized carbons (Fsp3) is 0.562. The number of carbonyl (C=O) groups is 1. The summed E-state index contributed by atoms with van der Waals surface area (Å²) in [6, 6.07) is 3.28. The molecule has 1 aliphatic rings. The number of amides is 1. The van der Waals surface area contributed by atoms with Crippen LogP contribution in [0.1, 0.15) is 38.5 Å². The Morgan fingerprint density at radius 3 is 2.65 bits per heavy atom. The third kappa shape index (κ3) is 5.42. The molecule has 2 rings (SSSR count). The fourth-order valence-electron chi connectivity index (χ4n) is 2.75. The third-order valence-corrected chi connectivity index (χ3v) is 3.86. The first-order valence-corrected chi connectivity index (χ1v) is 7.61. The highest BCUT2D eigenvalue weighted by Gasteiger charge is 2.31. The van der Waals surface area contributed by atoms with Crippen molar-refractivity contribution in [3.63, 3.8) is 0 Å². The van der Waals surface area contributed by atoms with Gasteiger partial charge in [-0.1, -0.05) is 19.3 Å². The second kappa shape index (κ2) is 7.68. The van der Waals surface area contributed by atoms with Crippen molar-refractivity contribution in [1.82, 2.24) is 0 Å². The van der Waals surface area contributed by atoms with Crippen molar-refractivity contribution in [3.8, 4) is 5.75 Å². The van der Waals surface area contributed by atoms with E-state index in [2.05, 4.69) is 5.32 Å². The number of ether oxygens (including phenoxy) is 1. The van der Waals surface area contributed by atoms with Crippen molar-refractivity contribution < 1.29 is 27.8 Å². The lowest BCUT2D eigenvalue weighted by Gasteiger charge is -2.31. The molecule has 2 N–H and O–H groups in total. The van der Waals surface area contributed by atoms with E-state index in [1.54, 1.807) is 0 Å². The Hall–Kier alpha value is -1.76. The Bertz CT molecular complexity index is 545. The molecule has 0 bridgehead atoms. The number of carbonyl (C=O) groups excluding carboxylic acids is 1. The van der Waals surface area contributed by atoms with Crippen LogP contribution >= 0.6 is 0 Å². The minimum Gasteiger partial charge on any atom is -0.485 e. The van der Waals surface area contributed by atoms with E-state index in [1.807, 2.05) is 0 Å². The highest BCUT2D eigenvalue weighted by Crippen LogP contribution is 2.32. The standard InChI is InChI=1S/C16H20F3NO3/c17-11-4-5-12(13(8-11)23-10-14(18)19)20-15(21)9-16(22)6-2-1-3-7-16/h4-5,8,14,22H,1-3,6-7,9-10H2,(H,20,21). The van der Waals surface area contributed by atoms with E-state index in [1.165, 1.54) is 6.07 Å². The van der Waals surface area contributed by atoms with Crippen LogP contribution < -0.4 is 10.1 Å². The Labute approximate surface area is 132 Å². The van der Waals surface area contributed by atoms with E-state index in [0.29, 0.717) is 12.8 Å². The molecule has 1 saturated carbocycles. The van der Waals surface area contributed by atoms with Crippen molar-refractivity contribution in [2.45, 2.75) is 50.6 Å². The maximum Gasteiger partial charge on any atom is 0.272 e. The summed E-state index contributed by atoms with van der Waals surface area (Å²) in [7, 11) is 0. The average molecular weight is 331 g/mol. The van der Waals surface area contributed by atoms with Crippen LogP contribution in [0.3, 0.4) is 0 Å². The van der Waals surface area contributed by atoms with E-state index < -0.39 is 30.4 Å². The van der Waals surface area contributed by atoms with Crippen molar-refractivity contribution >= 4 is 11.6 Å². The maximum absolute atomic E-state index is 13.2. The number of hydrogen-bond donors (Lipinski definition) is 2. The molecule has 128 valence electrons. The van der Waals surface area contributed by atoms with Gasteiger partial charge in [-0.2, -0.15) is 0 Å². The van der Waals surface area contributed by atoms with Gasteiger partial charge in [-0.25, -0.2) is 13.2 Å². The molecule has 1 aromatic rings. The summed E-state index contributed by atoms with van der Waals surface area (Å²) in [4.78, 5) is 12.1. The molecule has 7 heteroatoms. The van der Waals surface area contributed by atoms with Gasteiger partial charge in [0.25, 0.3) is 6.43 Å². The lowest BCUT2D eigenvalue weighted by atomic mass is 9.82. The van der Waals surface area contributed by atoms with E-state index in [4.69, 9.17) is 4.74 Å². The summed E-state index contributed by atoms with van der Waals surface area (Å²) in [6.45, 7) is -0.893. The first kappa shape index (κ1) is 17.6. The SMILES string of the molecule is O=C(CC1(O)CCCCC1)Nc1ccc(F)cc1OCC(F)F. The molecule has 0 radical (unpaired) electrons. The summed E-state index contributed by atoms with van der Waals surface area (Å²) in [5, 5.41) is 12.9. The zero-order valence-corrected chi connectivity index (χ0v) is 12.7. The fourth-order valence-corrected chi connectivity index (χ4v) is 2.75. The van der Waals surface area contributed by atoms with Crippen LogP contribution in [-0.2, 0) is 4.79 Å². The van der Waals surface area contributed by atoms with E-state index in [0.717, 1.165) is 31.4 Å². The Kier molecular flexibility index (Phi) is 5.87. The topological polar surface area (TPSA) is 58.6 Å². The Balaban J connectivity index is 2.02. The van der Waals surface area contributed by atoms with Gasteiger partial charge in [0, 0.05) is 6.07 Å². The molecule has 0 heterocycles. The Morgan fingerprint density at radius 2 is 2.00 bits per heavy atom. The van der Waals surface area contributed by atoms with Crippen LogP contribution in [0.2, 0.25) is 0 Å². The molecule has 0 saturated heterocycles. The largest absolute Gasteiger partial charge is 0.485 e. The van der Waals surface area contributed by atoms with Gasteiger partial charge in [-0.05, 0) is 25.0 Å². The molecule has 1 fully saturated rings. The molecule has 1 aromatic carbocycles. The Morgan fingerprint density at radius 1 is 1.30 bits per heavy atom. The predicted molar refractivity (Wildman–Crippen MR) is 79.2 cm³/mol. The van der Waals surface area contributed by atoms with E-state index in [9.17, 15) is 23.1 Å². The smallest absolute Gasteiger partial charge is 0.272 e. The van der Waals surface area contributed by atoms with Crippen LogP contribution in [-0.4, -0.2) is 29.6 Å². The van der Waals surface area contributed by atoms with Crippen molar-refractivity contribution in [1.29, 1.82) is 0 Å². The highest BCUT2D eigenvalue weighted by atomic mass is 19.3. The average Bonchev–Trinajstić information content (AvgIpc) is 2.47. The summed E-state index contributed by atoms with van der Waals surface area (Å²) in [5.74, 6) is -1.27. The molecule has 0 spiro atoms. The van der Waals surface area contributed by atoms with E-state index >= 15 is 0 Å². The first-order valence-electron chi connectivity index (χ1n) is 7.61. The quantitative estimate of drug-likeness (QED) is 0.839. The second-order valence-electron chi connectivity index (χ2n) is 5.85. The molecule has 0 unspecified atom stereocenters. The van der Waals surface area contributed by atoms with Crippen LogP contribution in [0.4, 0.5) is 18.9 Å². The lowest BCUT2D eigenvalue weighted by molar-refractivity contribution is -0.122. The third-order valence-electron chi connectivity index (χ3n) is 3.86. The molecule has 1 aliphatic carbocycles. The molecule has 23 heavy (non-hydrogen) atoms. The van der Waals surface area contributed by atoms with Gasteiger partial charge >= 0.3 is 0 Å². The number of halogens is 3.